The minimum atomic E-state index is -0.197. The smallest absolute Gasteiger partial charge is 0.243 e. The molecule has 1 saturated heterocycles. The molecular formula is C35H47N5O5. The number of anilines is 1. The van der Waals surface area contributed by atoms with Gasteiger partial charge in [0.1, 0.15) is 5.58 Å². The molecule has 3 heterocycles. The third-order valence-electron chi connectivity index (χ3n) is 8.45. The molecule has 2 N–H and O–H groups in total. The number of rotatable bonds is 18. The summed E-state index contributed by atoms with van der Waals surface area (Å²) in [4.78, 5) is 16.0. The van der Waals surface area contributed by atoms with E-state index in [0.29, 0.717) is 64.7 Å². The summed E-state index contributed by atoms with van der Waals surface area (Å²) in [6.07, 6.45) is 5.35. The zero-order valence-electron chi connectivity index (χ0n) is 26.8. The molecule has 0 spiro atoms. The number of fused-ring (bicyclic) bond motifs is 2. The third-order valence-corrected chi connectivity index (χ3v) is 8.45. The largest absolute Gasteiger partial charge is 0.464 e. The third kappa shape index (κ3) is 8.53. The van der Waals surface area contributed by atoms with Gasteiger partial charge in [0.2, 0.25) is 5.91 Å². The van der Waals surface area contributed by atoms with Gasteiger partial charge in [-0.3, -0.25) is 9.69 Å². The van der Waals surface area contributed by atoms with E-state index in [0.717, 1.165) is 36.3 Å². The van der Waals surface area contributed by atoms with Crippen LogP contribution in [0.4, 0.5) is 5.69 Å². The molecule has 0 bridgehead atoms. The number of likely N-dealkylation sites (N-methyl/N-ethyl adjacent to an activating group) is 1. The summed E-state index contributed by atoms with van der Waals surface area (Å²) < 4.78 is 24.7. The number of hydrogen-bond acceptors (Lipinski definition) is 8. The maximum atomic E-state index is 11.1. The molecule has 242 valence electrons. The zero-order chi connectivity index (χ0) is 31.6. The second-order valence-electron chi connectivity index (χ2n) is 11.8. The number of aromatic nitrogens is 1. The predicted octanol–water partition coefficient (Wildman–Crippen LogP) is 4.22. The average Bonchev–Trinajstić information content (AvgIpc) is 3.77. The van der Waals surface area contributed by atoms with E-state index in [1.54, 1.807) is 6.26 Å². The van der Waals surface area contributed by atoms with Crippen LogP contribution in [0.1, 0.15) is 17.0 Å². The first-order chi connectivity index (χ1) is 21.9. The molecule has 0 unspecified atom stereocenters. The van der Waals surface area contributed by atoms with Gasteiger partial charge in [0.05, 0.1) is 51.4 Å². The molecule has 1 amide bonds. The van der Waals surface area contributed by atoms with Crippen molar-refractivity contribution in [3.05, 3.63) is 78.7 Å². The van der Waals surface area contributed by atoms with Gasteiger partial charge < -0.3 is 38.7 Å². The molecule has 2 aromatic heterocycles. The summed E-state index contributed by atoms with van der Waals surface area (Å²) in [6, 6.07) is 15.6. The minimum Gasteiger partial charge on any atom is -0.464 e. The van der Waals surface area contributed by atoms with Crippen molar-refractivity contribution in [3.8, 4) is 0 Å². The fourth-order valence-electron chi connectivity index (χ4n) is 6.19. The number of carbonyl (C=O) groups excluding carboxylic acids is 1. The number of hydrogen-bond donors (Lipinski definition) is 2. The van der Waals surface area contributed by atoms with Gasteiger partial charge in [0, 0.05) is 80.0 Å². The number of ether oxygens (including phenoxy) is 3. The Morgan fingerprint density at radius 2 is 1.78 bits per heavy atom. The molecule has 0 radical (unpaired) electrons. The van der Waals surface area contributed by atoms with E-state index < -0.39 is 0 Å². The van der Waals surface area contributed by atoms with Gasteiger partial charge in [-0.05, 0) is 43.9 Å². The van der Waals surface area contributed by atoms with Crippen LogP contribution in [0.2, 0.25) is 0 Å². The number of nitrogens with one attached hydrogen (secondary N) is 2. The van der Waals surface area contributed by atoms with Crippen LogP contribution < -0.4 is 10.6 Å². The van der Waals surface area contributed by atoms with Crippen LogP contribution >= 0.6 is 0 Å². The number of amides is 1. The normalized spacial score (nSPS) is 17.1. The number of benzene rings is 2. The van der Waals surface area contributed by atoms with E-state index in [4.69, 9.17) is 18.6 Å². The lowest BCUT2D eigenvalue weighted by molar-refractivity contribution is -0.116. The molecule has 1 fully saturated rings. The summed E-state index contributed by atoms with van der Waals surface area (Å²) in [5.74, 6) is 0.211. The molecule has 10 nitrogen and oxygen atoms in total. The Kier molecular flexibility index (Phi) is 11.7. The van der Waals surface area contributed by atoms with Gasteiger partial charge in [-0.2, -0.15) is 0 Å². The number of carbonyl (C=O) groups is 1. The summed E-state index contributed by atoms with van der Waals surface area (Å²) in [5.41, 5.74) is 5.96. The number of para-hydroxylation sites is 1. The fourth-order valence-corrected chi connectivity index (χ4v) is 6.19. The molecule has 0 saturated carbocycles. The van der Waals surface area contributed by atoms with Gasteiger partial charge in [-0.15, -0.1) is 0 Å². The van der Waals surface area contributed by atoms with Gasteiger partial charge >= 0.3 is 0 Å². The van der Waals surface area contributed by atoms with E-state index in [2.05, 4.69) is 95.3 Å². The Labute approximate surface area is 265 Å². The molecule has 2 atom stereocenters. The summed E-state index contributed by atoms with van der Waals surface area (Å²) in [6.45, 7) is 10.5. The molecule has 1 aliphatic heterocycles. The highest BCUT2D eigenvalue weighted by atomic mass is 16.5. The van der Waals surface area contributed by atoms with E-state index in [1.807, 2.05) is 6.07 Å². The number of likely N-dealkylation sites (tertiary alicyclic amines) is 1. The lowest BCUT2D eigenvalue weighted by atomic mass is 9.93. The van der Waals surface area contributed by atoms with Crippen LogP contribution in [0.25, 0.3) is 21.9 Å². The highest BCUT2D eigenvalue weighted by Gasteiger charge is 2.37. The quantitative estimate of drug-likeness (QED) is 0.127. The first kappa shape index (κ1) is 32.7. The van der Waals surface area contributed by atoms with E-state index in [1.165, 1.54) is 28.1 Å². The van der Waals surface area contributed by atoms with Crippen LogP contribution in [-0.2, 0) is 32.6 Å². The number of nitrogens with zero attached hydrogens (tertiary/aromatic N) is 3. The van der Waals surface area contributed by atoms with Gasteiger partial charge in [0.15, 0.2) is 0 Å². The molecule has 0 aliphatic carbocycles. The molecule has 2 aromatic carbocycles. The van der Waals surface area contributed by atoms with Crippen molar-refractivity contribution in [2.24, 2.45) is 7.05 Å². The Balaban J connectivity index is 1.07. The van der Waals surface area contributed by atoms with Crippen molar-refractivity contribution in [3.63, 3.8) is 0 Å². The van der Waals surface area contributed by atoms with Gasteiger partial charge in [-0.25, -0.2) is 0 Å². The van der Waals surface area contributed by atoms with Gasteiger partial charge in [0.25, 0.3) is 0 Å². The van der Waals surface area contributed by atoms with Crippen LogP contribution in [0.3, 0.4) is 0 Å². The average molecular weight is 618 g/mol. The maximum absolute atomic E-state index is 11.1. The zero-order valence-corrected chi connectivity index (χ0v) is 26.8. The van der Waals surface area contributed by atoms with E-state index in [9.17, 15) is 4.79 Å². The standard InChI is InChI=1S/C35H47N5O5/c1-5-34(41)37-13-16-43-18-20-44-19-17-42-15-12-36-28-9-10-29-30(23-39(4)32(29)21-28)31-24-40(25-33(31)38(2)3)22-27-8-6-7-26-11-14-45-35(26)27/h5-11,14,21,23,31,33,36H,1,12-13,15-20,22,24-25H2,2-4H3,(H,37,41)/t31-,33+/m1/s1. The topological polar surface area (TPSA) is 93.4 Å². The van der Waals surface area contributed by atoms with Crippen LogP contribution in [0.15, 0.2) is 72.0 Å². The second kappa shape index (κ2) is 16.1. The first-order valence-electron chi connectivity index (χ1n) is 15.7. The Morgan fingerprint density at radius 1 is 1.02 bits per heavy atom. The van der Waals surface area contributed by atoms with E-state index >= 15 is 0 Å². The lowest BCUT2D eigenvalue weighted by Crippen LogP contribution is -2.34. The van der Waals surface area contributed by atoms with Gasteiger partial charge in [-0.1, -0.05) is 30.8 Å². The highest BCUT2D eigenvalue weighted by molar-refractivity contribution is 5.88. The Morgan fingerprint density at radius 3 is 2.53 bits per heavy atom. The molecule has 1 aliphatic rings. The Hall–Kier alpha value is -3.67. The molecule has 10 heteroatoms. The fraction of sp³-hybridized carbons (Fsp3) is 0.457. The molecular weight excluding hydrogens is 570 g/mol. The SMILES string of the molecule is C=CC(=O)NCCOCCOCCOCCNc1ccc2c([C@H]3CN(Cc4cccc5ccoc45)C[C@@H]3N(C)C)cn(C)c2c1. The van der Waals surface area contributed by atoms with Crippen molar-refractivity contribution in [2.75, 3.05) is 85.2 Å². The van der Waals surface area contributed by atoms with Crippen molar-refractivity contribution in [1.29, 1.82) is 0 Å². The van der Waals surface area contributed by atoms with Crippen molar-refractivity contribution >= 4 is 33.5 Å². The van der Waals surface area contributed by atoms with Crippen LogP contribution in [0, 0.1) is 0 Å². The highest BCUT2D eigenvalue weighted by Crippen LogP contribution is 2.37. The summed E-state index contributed by atoms with van der Waals surface area (Å²) in [7, 11) is 6.53. The molecule has 4 aromatic rings. The number of aryl methyl sites for hydroxylation is 1. The minimum absolute atomic E-state index is 0.197. The first-order valence-corrected chi connectivity index (χ1v) is 15.7. The Bertz CT molecular complexity index is 1550. The predicted molar refractivity (Wildman–Crippen MR) is 179 cm³/mol. The van der Waals surface area contributed by atoms with Crippen LogP contribution in [0.5, 0.6) is 0 Å². The van der Waals surface area contributed by atoms with Crippen molar-refractivity contribution < 1.29 is 23.4 Å². The monoisotopic (exact) mass is 617 g/mol. The van der Waals surface area contributed by atoms with Crippen molar-refractivity contribution in [1.82, 2.24) is 19.7 Å². The molecule has 5 rings (SSSR count). The van der Waals surface area contributed by atoms with Crippen LogP contribution in [-0.4, -0.2) is 106 Å². The number of furan rings is 1. The summed E-state index contributed by atoms with van der Waals surface area (Å²) in [5, 5.41) is 8.63. The maximum Gasteiger partial charge on any atom is 0.243 e. The van der Waals surface area contributed by atoms with Crippen molar-refractivity contribution in [2.45, 2.75) is 18.5 Å². The second-order valence-corrected chi connectivity index (χ2v) is 11.8. The molecule has 45 heavy (non-hydrogen) atoms. The summed E-state index contributed by atoms with van der Waals surface area (Å²) >= 11 is 0. The van der Waals surface area contributed by atoms with E-state index in [-0.39, 0.29) is 5.91 Å². The lowest BCUT2D eigenvalue weighted by Gasteiger charge is -2.25.